The van der Waals surface area contributed by atoms with Crippen LogP contribution in [0, 0.1) is 0 Å². The maximum Gasteiger partial charge on any atom is 0.230 e. The summed E-state index contributed by atoms with van der Waals surface area (Å²) < 4.78 is 13.7. The van der Waals surface area contributed by atoms with E-state index in [-0.39, 0.29) is 17.2 Å². The number of piperidine rings is 1. The summed E-state index contributed by atoms with van der Waals surface area (Å²) in [6.07, 6.45) is 8.33. The summed E-state index contributed by atoms with van der Waals surface area (Å²) in [5.74, 6) is 0.135. The smallest absolute Gasteiger partial charge is 0.230 e. The van der Waals surface area contributed by atoms with Gasteiger partial charge in [0.1, 0.15) is 7.14 Å². The molecule has 1 heterocycles. The van der Waals surface area contributed by atoms with E-state index in [1.165, 1.54) is 6.42 Å². The second-order valence-electron chi connectivity index (χ2n) is 7.29. The Bertz CT molecular complexity index is 402. The molecule has 0 N–H and O–H groups in total. The Morgan fingerprint density at radius 2 is 1.77 bits per heavy atom. The summed E-state index contributed by atoms with van der Waals surface area (Å²) >= 11 is 0. The molecule has 1 aliphatic heterocycles. The summed E-state index contributed by atoms with van der Waals surface area (Å²) in [6, 6.07) is 0.315. The van der Waals surface area contributed by atoms with E-state index >= 15 is 0 Å². The predicted molar refractivity (Wildman–Crippen MR) is 96.3 cm³/mol. The molecule has 2 unspecified atom stereocenters. The highest BCUT2D eigenvalue weighted by Crippen LogP contribution is 2.61. The van der Waals surface area contributed by atoms with Crippen LogP contribution in [-0.2, 0) is 9.36 Å². The van der Waals surface area contributed by atoms with Crippen molar-refractivity contribution in [2.45, 2.75) is 90.8 Å². The summed E-state index contributed by atoms with van der Waals surface area (Å²) in [7, 11) is -2.50. The van der Waals surface area contributed by atoms with Gasteiger partial charge in [-0.05, 0) is 45.2 Å². The maximum atomic E-state index is 13.7. The average Bonchev–Trinajstić information content (AvgIpc) is 2.47. The topological polar surface area (TPSA) is 37.4 Å². The van der Waals surface area contributed by atoms with E-state index in [0.717, 1.165) is 45.1 Å². The molecule has 1 aliphatic rings. The van der Waals surface area contributed by atoms with E-state index in [1.54, 1.807) is 0 Å². The first-order valence-electron chi connectivity index (χ1n) is 9.21. The van der Waals surface area contributed by atoms with Gasteiger partial charge in [-0.15, -0.1) is 0 Å². The minimum Gasteiger partial charge on any atom is -0.340 e. The van der Waals surface area contributed by atoms with Crippen molar-refractivity contribution < 1.29 is 9.36 Å². The molecule has 130 valence electrons. The summed E-state index contributed by atoms with van der Waals surface area (Å²) in [4.78, 5) is 14.8. The zero-order valence-corrected chi connectivity index (χ0v) is 16.3. The van der Waals surface area contributed by atoms with Crippen LogP contribution >= 0.6 is 7.14 Å². The molecule has 4 heteroatoms. The van der Waals surface area contributed by atoms with Crippen molar-refractivity contribution in [3.8, 4) is 0 Å². The Morgan fingerprint density at radius 3 is 2.23 bits per heavy atom. The van der Waals surface area contributed by atoms with Crippen LogP contribution < -0.4 is 0 Å². The summed E-state index contributed by atoms with van der Waals surface area (Å²) in [6.45, 7) is 11.5. The van der Waals surface area contributed by atoms with Crippen LogP contribution in [0.1, 0.15) is 79.6 Å². The molecule has 22 heavy (non-hydrogen) atoms. The van der Waals surface area contributed by atoms with Crippen molar-refractivity contribution >= 4 is 13.0 Å². The number of carbonyl (C=O) groups is 1. The molecule has 3 nitrogen and oxygen atoms in total. The number of nitrogens with zero attached hydrogens (tertiary/aromatic N) is 1. The van der Waals surface area contributed by atoms with Gasteiger partial charge in [-0.25, -0.2) is 0 Å². The summed E-state index contributed by atoms with van der Waals surface area (Å²) in [5.41, 5.74) is 0. The Morgan fingerprint density at radius 1 is 1.18 bits per heavy atom. The zero-order chi connectivity index (χ0) is 16.8. The van der Waals surface area contributed by atoms with Crippen molar-refractivity contribution in [3.63, 3.8) is 0 Å². The highest BCUT2D eigenvalue weighted by Gasteiger charge is 2.43. The number of likely N-dealkylation sites (tertiary alicyclic amines) is 1. The molecule has 0 aromatic heterocycles. The molecule has 2 atom stereocenters. The fourth-order valence-corrected chi connectivity index (χ4v) is 7.32. The van der Waals surface area contributed by atoms with Crippen LogP contribution in [0.4, 0.5) is 0 Å². The maximum absolute atomic E-state index is 13.7. The molecular weight excluding hydrogens is 293 g/mol. The standard InChI is InChI=1S/C18H36NO2P/c1-6-12-18(5,13-7-2)22(21,8-3)15-17(20)19-14-10-9-11-16(19)4/h16H,6-15H2,1-5H3. The normalized spacial score (nSPS) is 22.4. The van der Waals surface area contributed by atoms with Crippen molar-refractivity contribution in [3.05, 3.63) is 0 Å². The molecule has 0 saturated carbocycles. The second-order valence-corrected chi connectivity index (χ2v) is 11.1. The lowest BCUT2D eigenvalue weighted by molar-refractivity contribution is -0.131. The Hall–Kier alpha value is -0.300. The van der Waals surface area contributed by atoms with Gasteiger partial charge in [-0.1, -0.05) is 40.5 Å². The summed E-state index contributed by atoms with van der Waals surface area (Å²) in [5, 5.41) is -0.167. The zero-order valence-electron chi connectivity index (χ0n) is 15.4. The van der Waals surface area contributed by atoms with E-state index in [4.69, 9.17) is 0 Å². The van der Waals surface area contributed by atoms with Crippen molar-refractivity contribution in [2.75, 3.05) is 18.9 Å². The van der Waals surface area contributed by atoms with Crippen LogP contribution in [0.3, 0.4) is 0 Å². The van der Waals surface area contributed by atoms with Gasteiger partial charge in [0.25, 0.3) is 0 Å². The third-order valence-corrected chi connectivity index (χ3v) is 9.80. The Kier molecular flexibility index (Phi) is 7.65. The van der Waals surface area contributed by atoms with E-state index in [0.29, 0.717) is 12.2 Å². The molecule has 1 fully saturated rings. The van der Waals surface area contributed by atoms with E-state index in [1.807, 2.05) is 11.8 Å². The van der Waals surface area contributed by atoms with Crippen LogP contribution in [0.25, 0.3) is 0 Å². The largest absolute Gasteiger partial charge is 0.340 e. The SMILES string of the molecule is CCCC(C)(CCC)P(=O)(CC)CC(=O)N1CCCCC1C. The minimum atomic E-state index is -2.50. The van der Waals surface area contributed by atoms with Gasteiger partial charge in [0.2, 0.25) is 5.91 Å². The quantitative estimate of drug-likeness (QED) is 0.579. The molecule has 0 aliphatic carbocycles. The van der Waals surface area contributed by atoms with Gasteiger partial charge in [0.15, 0.2) is 0 Å². The number of rotatable bonds is 8. The van der Waals surface area contributed by atoms with E-state index in [2.05, 4.69) is 27.7 Å². The lowest BCUT2D eigenvalue weighted by Crippen LogP contribution is -2.44. The van der Waals surface area contributed by atoms with Crippen LogP contribution in [0.15, 0.2) is 0 Å². The molecule has 0 aromatic carbocycles. The fourth-order valence-electron chi connectivity index (χ4n) is 4.07. The van der Waals surface area contributed by atoms with Gasteiger partial charge in [-0.2, -0.15) is 0 Å². The molecule has 1 amide bonds. The van der Waals surface area contributed by atoms with Crippen molar-refractivity contribution in [2.24, 2.45) is 0 Å². The van der Waals surface area contributed by atoms with Crippen molar-refractivity contribution in [1.82, 2.24) is 4.90 Å². The minimum absolute atomic E-state index is 0.135. The van der Waals surface area contributed by atoms with Gasteiger partial charge < -0.3 is 9.46 Å². The highest BCUT2D eigenvalue weighted by molar-refractivity contribution is 7.66. The Labute approximate surface area is 137 Å². The molecule has 1 saturated heterocycles. The Balaban J connectivity index is 2.92. The van der Waals surface area contributed by atoms with Gasteiger partial charge in [-0.3, -0.25) is 4.79 Å². The monoisotopic (exact) mass is 329 g/mol. The van der Waals surface area contributed by atoms with Gasteiger partial charge >= 0.3 is 0 Å². The molecule has 0 radical (unpaired) electrons. The number of hydrogen-bond acceptors (Lipinski definition) is 2. The molecule has 0 bridgehead atoms. The molecule has 1 rings (SSSR count). The number of amides is 1. The third kappa shape index (κ3) is 4.37. The van der Waals surface area contributed by atoms with Crippen molar-refractivity contribution in [1.29, 1.82) is 0 Å². The highest BCUT2D eigenvalue weighted by atomic mass is 31.2. The average molecular weight is 329 g/mol. The van der Waals surface area contributed by atoms with Crippen LogP contribution in [-0.4, -0.2) is 40.9 Å². The first-order chi connectivity index (χ1) is 10.3. The third-order valence-electron chi connectivity index (χ3n) is 5.59. The predicted octanol–water partition coefficient (Wildman–Crippen LogP) is 5.13. The van der Waals surface area contributed by atoms with E-state index < -0.39 is 7.14 Å². The lowest BCUT2D eigenvalue weighted by Gasteiger charge is -2.40. The fraction of sp³-hybridized carbons (Fsp3) is 0.944. The van der Waals surface area contributed by atoms with E-state index in [9.17, 15) is 9.36 Å². The number of carbonyl (C=O) groups excluding carboxylic acids is 1. The lowest BCUT2D eigenvalue weighted by atomic mass is 9.99. The van der Waals surface area contributed by atoms with Gasteiger partial charge in [0.05, 0.1) is 6.16 Å². The first-order valence-corrected chi connectivity index (χ1v) is 11.3. The first kappa shape index (κ1) is 19.7. The molecular formula is C18H36NO2P. The van der Waals surface area contributed by atoms with Gasteiger partial charge in [0, 0.05) is 17.7 Å². The molecule has 0 aromatic rings. The van der Waals surface area contributed by atoms with Crippen LogP contribution in [0.2, 0.25) is 0 Å². The second kappa shape index (κ2) is 8.52. The van der Waals surface area contributed by atoms with Crippen LogP contribution in [0.5, 0.6) is 0 Å². The molecule has 0 spiro atoms. The number of hydrogen-bond donors (Lipinski definition) is 0.